The van der Waals surface area contributed by atoms with Gasteiger partial charge in [-0.25, -0.2) is 0 Å². The Kier molecular flexibility index (Phi) is 4.48. The Bertz CT molecular complexity index is 433. The molecule has 1 aliphatic heterocycles. The summed E-state index contributed by atoms with van der Waals surface area (Å²) < 4.78 is 0. The summed E-state index contributed by atoms with van der Waals surface area (Å²) in [4.78, 5) is 2.48. The van der Waals surface area contributed by atoms with Crippen molar-refractivity contribution in [3.63, 3.8) is 0 Å². The van der Waals surface area contributed by atoms with Gasteiger partial charge in [0, 0.05) is 24.2 Å². The summed E-state index contributed by atoms with van der Waals surface area (Å²) in [6.07, 6.45) is 2.42. The largest absolute Gasteiger partial charge is 0.508 e. The predicted molar refractivity (Wildman–Crippen MR) is 79.2 cm³/mol. The van der Waals surface area contributed by atoms with Crippen LogP contribution in [0.25, 0.3) is 0 Å². The maximum absolute atomic E-state index is 10.1. The molecule has 0 amide bonds. The van der Waals surface area contributed by atoms with Crippen LogP contribution in [0.5, 0.6) is 5.75 Å². The van der Waals surface area contributed by atoms with Gasteiger partial charge >= 0.3 is 0 Å². The second-order valence-corrected chi connectivity index (χ2v) is 5.96. The number of phenols is 1. The molecule has 1 heterocycles. The normalized spacial score (nSPS) is 26.3. The summed E-state index contributed by atoms with van der Waals surface area (Å²) in [6.45, 7) is 8.32. The number of phenolic OH excluding ortho intramolecular Hbond substituents is 1. The number of nitrogens with zero attached hydrogens (tertiary/aromatic N) is 1. The molecular weight excluding hydrogens is 236 g/mol. The van der Waals surface area contributed by atoms with E-state index >= 15 is 0 Å². The number of hydrogen-bond donors (Lipinski definition) is 2. The highest BCUT2D eigenvalue weighted by Gasteiger charge is 2.29. The highest BCUT2D eigenvalue weighted by atomic mass is 16.3. The molecule has 1 aromatic rings. The van der Waals surface area contributed by atoms with Crippen LogP contribution < -0.4 is 5.73 Å². The monoisotopic (exact) mass is 262 g/mol. The Labute approximate surface area is 116 Å². The lowest BCUT2D eigenvalue weighted by Crippen LogP contribution is -2.45. The molecule has 19 heavy (non-hydrogen) atoms. The molecule has 3 nitrogen and oxygen atoms in total. The molecular formula is C16H26N2O. The predicted octanol–water partition coefficient (Wildman–Crippen LogP) is 2.82. The molecule has 0 aliphatic carbocycles. The summed E-state index contributed by atoms with van der Waals surface area (Å²) in [5.41, 5.74) is 8.05. The standard InChI is InChI=1S/C16H26N2O/c1-11-4-7-16(19)15(8-11)13(3)18-10-14(9-17)6-5-12(18)2/h4,7-8,12-14,19H,5-6,9-10,17H2,1-3H3. The van der Waals surface area contributed by atoms with Gasteiger partial charge in [0.1, 0.15) is 5.75 Å². The van der Waals surface area contributed by atoms with Crippen LogP contribution in [0.2, 0.25) is 0 Å². The molecule has 2 rings (SSSR count). The molecule has 3 atom stereocenters. The van der Waals surface area contributed by atoms with Gasteiger partial charge in [-0.1, -0.05) is 17.7 Å². The van der Waals surface area contributed by atoms with E-state index in [-0.39, 0.29) is 6.04 Å². The molecule has 1 fully saturated rings. The van der Waals surface area contributed by atoms with E-state index in [1.54, 1.807) is 6.07 Å². The van der Waals surface area contributed by atoms with Crippen molar-refractivity contribution in [1.82, 2.24) is 4.90 Å². The first-order valence-electron chi connectivity index (χ1n) is 7.28. The van der Waals surface area contributed by atoms with Gasteiger partial charge in [-0.05, 0) is 52.1 Å². The summed E-state index contributed by atoms with van der Waals surface area (Å²) in [6, 6.07) is 6.64. The highest BCUT2D eigenvalue weighted by molar-refractivity contribution is 5.37. The van der Waals surface area contributed by atoms with Gasteiger partial charge in [0.25, 0.3) is 0 Å². The zero-order chi connectivity index (χ0) is 14.0. The molecule has 0 aromatic heterocycles. The molecule has 3 N–H and O–H groups in total. The Morgan fingerprint density at radius 3 is 2.84 bits per heavy atom. The topological polar surface area (TPSA) is 49.5 Å². The fourth-order valence-electron chi connectivity index (χ4n) is 3.13. The second-order valence-electron chi connectivity index (χ2n) is 5.96. The van der Waals surface area contributed by atoms with Crippen LogP contribution in [-0.2, 0) is 0 Å². The van der Waals surface area contributed by atoms with Crippen molar-refractivity contribution in [2.75, 3.05) is 13.1 Å². The third-order valence-electron chi connectivity index (χ3n) is 4.49. The van der Waals surface area contributed by atoms with E-state index in [2.05, 4.69) is 31.7 Å². The van der Waals surface area contributed by atoms with Crippen molar-refractivity contribution in [2.45, 2.75) is 45.7 Å². The lowest BCUT2D eigenvalue weighted by atomic mass is 9.90. The van der Waals surface area contributed by atoms with E-state index < -0.39 is 0 Å². The van der Waals surface area contributed by atoms with Crippen LogP contribution in [-0.4, -0.2) is 29.1 Å². The van der Waals surface area contributed by atoms with E-state index in [1.807, 2.05) is 6.07 Å². The van der Waals surface area contributed by atoms with Crippen molar-refractivity contribution < 1.29 is 5.11 Å². The highest BCUT2D eigenvalue weighted by Crippen LogP contribution is 2.34. The Morgan fingerprint density at radius 2 is 2.16 bits per heavy atom. The lowest BCUT2D eigenvalue weighted by Gasteiger charge is -2.41. The van der Waals surface area contributed by atoms with Crippen molar-refractivity contribution in [3.8, 4) is 5.75 Å². The average molecular weight is 262 g/mol. The first-order chi connectivity index (χ1) is 9.02. The second kappa shape index (κ2) is 5.93. The summed E-state index contributed by atoms with van der Waals surface area (Å²) >= 11 is 0. The number of hydrogen-bond acceptors (Lipinski definition) is 3. The maximum Gasteiger partial charge on any atom is 0.120 e. The number of rotatable bonds is 3. The number of nitrogens with two attached hydrogens (primary N) is 1. The van der Waals surface area contributed by atoms with Crippen LogP contribution >= 0.6 is 0 Å². The van der Waals surface area contributed by atoms with E-state index in [9.17, 15) is 5.11 Å². The van der Waals surface area contributed by atoms with Crippen LogP contribution in [0.4, 0.5) is 0 Å². The minimum absolute atomic E-state index is 0.240. The number of piperidine rings is 1. The van der Waals surface area contributed by atoms with Crippen LogP contribution in [0.3, 0.4) is 0 Å². The first kappa shape index (κ1) is 14.4. The fraction of sp³-hybridized carbons (Fsp3) is 0.625. The lowest BCUT2D eigenvalue weighted by molar-refractivity contribution is 0.0801. The molecule has 0 radical (unpaired) electrons. The number of aromatic hydroxyl groups is 1. The molecule has 3 unspecified atom stereocenters. The fourth-order valence-corrected chi connectivity index (χ4v) is 3.13. The van der Waals surface area contributed by atoms with Gasteiger partial charge < -0.3 is 10.8 Å². The molecule has 1 saturated heterocycles. The van der Waals surface area contributed by atoms with Crippen molar-refractivity contribution >= 4 is 0 Å². The third kappa shape index (κ3) is 3.10. The Morgan fingerprint density at radius 1 is 1.42 bits per heavy atom. The molecule has 0 bridgehead atoms. The summed E-state index contributed by atoms with van der Waals surface area (Å²) in [5.74, 6) is 0.991. The van der Waals surface area contributed by atoms with E-state index in [4.69, 9.17) is 5.73 Å². The SMILES string of the molecule is Cc1ccc(O)c(C(C)N2CC(CN)CCC2C)c1. The van der Waals surface area contributed by atoms with Gasteiger partial charge in [0.15, 0.2) is 0 Å². The summed E-state index contributed by atoms with van der Waals surface area (Å²) in [5, 5.41) is 10.1. The molecule has 0 saturated carbocycles. The molecule has 0 spiro atoms. The molecule has 1 aliphatic rings. The van der Waals surface area contributed by atoms with Crippen molar-refractivity contribution in [1.29, 1.82) is 0 Å². The minimum atomic E-state index is 0.240. The number of aryl methyl sites for hydroxylation is 1. The zero-order valence-corrected chi connectivity index (χ0v) is 12.3. The first-order valence-corrected chi connectivity index (χ1v) is 7.28. The number of benzene rings is 1. The van der Waals surface area contributed by atoms with Crippen LogP contribution in [0, 0.1) is 12.8 Å². The van der Waals surface area contributed by atoms with E-state index in [0.29, 0.717) is 17.7 Å². The van der Waals surface area contributed by atoms with E-state index in [0.717, 1.165) is 18.7 Å². The van der Waals surface area contributed by atoms with Gasteiger partial charge in [-0.2, -0.15) is 0 Å². The Balaban J connectivity index is 2.21. The minimum Gasteiger partial charge on any atom is -0.508 e. The van der Waals surface area contributed by atoms with Gasteiger partial charge in [0.2, 0.25) is 0 Å². The van der Waals surface area contributed by atoms with Gasteiger partial charge in [-0.15, -0.1) is 0 Å². The van der Waals surface area contributed by atoms with Crippen LogP contribution in [0.15, 0.2) is 18.2 Å². The van der Waals surface area contributed by atoms with Gasteiger partial charge in [-0.3, -0.25) is 4.90 Å². The van der Waals surface area contributed by atoms with E-state index in [1.165, 1.54) is 18.4 Å². The van der Waals surface area contributed by atoms with Gasteiger partial charge in [0.05, 0.1) is 0 Å². The smallest absolute Gasteiger partial charge is 0.120 e. The summed E-state index contributed by atoms with van der Waals surface area (Å²) in [7, 11) is 0. The molecule has 3 heteroatoms. The van der Waals surface area contributed by atoms with Crippen molar-refractivity contribution in [2.24, 2.45) is 11.7 Å². The molecule has 1 aromatic carbocycles. The quantitative estimate of drug-likeness (QED) is 0.880. The number of likely N-dealkylation sites (tertiary alicyclic amines) is 1. The zero-order valence-electron chi connectivity index (χ0n) is 12.3. The van der Waals surface area contributed by atoms with Crippen LogP contribution in [0.1, 0.15) is 43.9 Å². The van der Waals surface area contributed by atoms with Crippen molar-refractivity contribution in [3.05, 3.63) is 29.3 Å². The Hall–Kier alpha value is -1.06. The molecule has 106 valence electrons. The maximum atomic E-state index is 10.1. The third-order valence-corrected chi connectivity index (χ3v) is 4.49. The average Bonchev–Trinajstić information content (AvgIpc) is 2.41.